The molecule has 1 aromatic heterocycles. The lowest BCUT2D eigenvalue weighted by Gasteiger charge is -2.08. The average molecular weight is 306 g/mol. The summed E-state index contributed by atoms with van der Waals surface area (Å²) in [6.45, 7) is 0. The largest absolute Gasteiger partial charge is 0.329 e. The molecule has 3 aromatic rings. The van der Waals surface area contributed by atoms with Gasteiger partial charge < -0.3 is 4.57 Å². The van der Waals surface area contributed by atoms with Crippen molar-refractivity contribution >= 4 is 17.3 Å². The van der Waals surface area contributed by atoms with Crippen LogP contribution in [-0.4, -0.2) is 15.3 Å². The number of rotatable bonds is 5. The summed E-state index contributed by atoms with van der Waals surface area (Å²) in [6.07, 6.45) is 6.09. The zero-order valence-electron chi connectivity index (χ0n) is 12.5. The van der Waals surface area contributed by atoms with Gasteiger partial charge in [0.25, 0.3) is 0 Å². The van der Waals surface area contributed by atoms with Crippen molar-refractivity contribution in [1.29, 1.82) is 0 Å². The highest BCUT2D eigenvalue weighted by Crippen LogP contribution is 2.25. The van der Waals surface area contributed by atoms with E-state index in [1.807, 2.05) is 24.0 Å². The number of aryl methyl sites for hydroxylation is 1. The van der Waals surface area contributed by atoms with Crippen molar-refractivity contribution in [3.63, 3.8) is 0 Å². The molecule has 0 fully saturated rings. The maximum Gasteiger partial charge on any atom is 0.167 e. The fourth-order valence-corrected chi connectivity index (χ4v) is 3.13. The number of hydrogen-bond donors (Lipinski definition) is 0. The Morgan fingerprint density at radius 3 is 2.09 bits per heavy atom. The van der Waals surface area contributed by atoms with E-state index in [0.29, 0.717) is 0 Å². The quantitative estimate of drug-likeness (QED) is 0.639. The summed E-state index contributed by atoms with van der Waals surface area (Å²) in [7, 11) is 2.02. The summed E-state index contributed by atoms with van der Waals surface area (Å²) in [4.78, 5) is 4.35. The number of hydrogen-bond acceptors (Lipinski definition) is 2. The molecule has 0 radical (unpaired) electrons. The fraction of sp³-hybridized carbons (Fsp3) is 0.105. The van der Waals surface area contributed by atoms with E-state index in [1.54, 1.807) is 11.8 Å². The van der Waals surface area contributed by atoms with Crippen LogP contribution in [0.3, 0.4) is 0 Å². The van der Waals surface area contributed by atoms with Gasteiger partial charge >= 0.3 is 0 Å². The number of thioether (sulfide) groups is 1. The zero-order chi connectivity index (χ0) is 15.2. The van der Waals surface area contributed by atoms with Gasteiger partial charge in [-0.2, -0.15) is 0 Å². The van der Waals surface area contributed by atoms with Crippen molar-refractivity contribution in [3.8, 4) is 0 Å². The molecule has 0 bridgehead atoms. The summed E-state index contributed by atoms with van der Waals surface area (Å²) in [5.74, 6) is 0.893. The van der Waals surface area contributed by atoms with Crippen molar-refractivity contribution < 1.29 is 0 Å². The van der Waals surface area contributed by atoms with Crippen LogP contribution in [0.1, 0.15) is 11.1 Å². The maximum atomic E-state index is 4.35. The summed E-state index contributed by atoms with van der Waals surface area (Å²) in [5, 5.41) is 1.04. The van der Waals surface area contributed by atoms with Gasteiger partial charge in [0.2, 0.25) is 0 Å². The molecule has 0 N–H and O–H groups in total. The van der Waals surface area contributed by atoms with Gasteiger partial charge in [-0.1, -0.05) is 78.5 Å². The van der Waals surface area contributed by atoms with E-state index < -0.39 is 0 Å². The first-order valence-corrected chi connectivity index (χ1v) is 8.24. The van der Waals surface area contributed by atoms with Gasteiger partial charge in [-0.3, -0.25) is 0 Å². The normalized spacial score (nSPS) is 10.4. The lowest BCUT2D eigenvalue weighted by molar-refractivity contribution is 0.791. The molecule has 0 amide bonds. The highest BCUT2D eigenvalue weighted by molar-refractivity contribution is 7.99. The molecule has 0 aliphatic heterocycles. The maximum absolute atomic E-state index is 4.35. The number of benzene rings is 2. The molecule has 1 heterocycles. The second-order valence-electron chi connectivity index (χ2n) is 4.98. The molecular weight excluding hydrogens is 288 g/mol. The Bertz CT molecular complexity index is 704. The van der Waals surface area contributed by atoms with Crippen LogP contribution in [0, 0.1) is 0 Å². The van der Waals surface area contributed by atoms with E-state index >= 15 is 0 Å². The summed E-state index contributed by atoms with van der Waals surface area (Å²) < 4.78 is 2.04. The summed E-state index contributed by atoms with van der Waals surface area (Å²) >= 11 is 1.75. The Hall–Kier alpha value is -2.26. The number of imidazole rings is 1. The van der Waals surface area contributed by atoms with Crippen molar-refractivity contribution in [3.05, 3.63) is 90.3 Å². The van der Waals surface area contributed by atoms with E-state index in [4.69, 9.17) is 0 Å². The third-order valence-electron chi connectivity index (χ3n) is 3.45. The molecule has 3 heteroatoms. The molecule has 0 saturated heterocycles. The third kappa shape index (κ3) is 3.49. The van der Waals surface area contributed by atoms with Crippen molar-refractivity contribution in [1.82, 2.24) is 9.55 Å². The van der Waals surface area contributed by atoms with Crippen LogP contribution in [0.25, 0.3) is 5.57 Å². The van der Waals surface area contributed by atoms with Crippen LogP contribution in [0.5, 0.6) is 0 Å². The molecule has 0 atom stereocenters. The lowest BCUT2D eigenvalue weighted by Crippen LogP contribution is -1.91. The second kappa shape index (κ2) is 7.14. The van der Waals surface area contributed by atoms with Crippen LogP contribution in [0.4, 0.5) is 0 Å². The molecule has 2 aromatic carbocycles. The van der Waals surface area contributed by atoms with E-state index in [9.17, 15) is 0 Å². The predicted molar refractivity (Wildman–Crippen MR) is 93.9 cm³/mol. The third-order valence-corrected chi connectivity index (χ3v) is 4.43. The van der Waals surface area contributed by atoms with Gasteiger partial charge in [-0.05, 0) is 16.7 Å². The van der Waals surface area contributed by atoms with Gasteiger partial charge in [-0.15, -0.1) is 0 Å². The number of nitrogens with zero attached hydrogens (tertiary/aromatic N) is 2. The first-order valence-electron chi connectivity index (χ1n) is 7.26. The molecule has 0 aliphatic carbocycles. The minimum Gasteiger partial charge on any atom is -0.329 e. The first kappa shape index (κ1) is 14.7. The van der Waals surface area contributed by atoms with E-state index in [-0.39, 0.29) is 0 Å². The molecule has 22 heavy (non-hydrogen) atoms. The Morgan fingerprint density at radius 2 is 1.59 bits per heavy atom. The van der Waals surface area contributed by atoms with Crippen LogP contribution in [0.2, 0.25) is 0 Å². The minimum absolute atomic E-state index is 0.893. The number of aromatic nitrogens is 2. The topological polar surface area (TPSA) is 17.8 Å². The van der Waals surface area contributed by atoms with E-state index in [1.165, 1.54) is 16.7 Å². The van der Waals surface area contributed by atoms with Crippen molar-refractivity contribution in [2.75, 3.05) is 5.75 Å². The molecule has 0 saturated carbocycles. The molecule has 0 aliphatic rings. The van der Waals surface area contributed by atoms with Crippen molar-refractivity contribution in [2.24, 2.45) is 7.05 Å². The van der Waals surface area contributed by atoms with Crippen LogP contribution in [0.15, 0.2) is 84.3 Å². The van der Waals surface area contributed by atoms with Gasteiger partial charge in [0.1, 0.15) is 0 Å². The Kier molecular flexibility index (Phi) is 4.76. The smallest absolute Gasteiger partial charge is 0.167 e. The lowest BCUT2D eigenvalue weighted by atomic mass is 9.98. The Morgan fingerprint density at radius 1 is 1.00 bits per heavy atom. The molecule has 3 rings (SSSR count). The SMILES string of the molecule is Cn1ccnc1SCC=C(c1ccccc1)c1ccccc1. The van der Waals surface area contributed by atoms with Crippen LogP contribution in [-0.2, 0) is 7.05 Å². The van der Waals surface area contributed by atoms with Crippen molar-refractivity contribution in [2.45, 2.75) is 5.16 Å². The van der Waals surface area contributed by atoms with E-state index in [0.717, 1.165) is 10.9 Å². The molecule has 110 valence electrons. The van der Waals surface area contributed by atoms with Gasteiger partial charge in [0.05, 0.1) is 0 Å². The Balaban J connectivity index is 1.86. The summed E-state index contributed by atoms with van der Waals surface area (Å²) in [6, 6.07) is 21.1. The fourth-order valence-electron chi connectivity index (χ4n) is 2.33. The molecule has 0 unspecified atom stereocenters. The monoisotopic (exact) mass is 306 g/mol. The molecule has 0 spiro atoms. The summed E-state index contributed by atoms with van der Waals surface area (Å²) in [5.41, 5.74) is 3.76. The standard InChI is InChI=1S/C19H18N2S/c1-21-14-13-20-19(21)22-15-12-18(16-8-4-2-5-9-16)17-10-6-3-7-11-17/h2-14H,15H2,1H3. The van der Waals surface area contributed by atoms with Crippen LogP contribution >= 0.6 is 11.8 Å². The molecular formula is C19H18N2S. The highest BCUT2D eigenvalue weighted by Gasteiger charge is 2.05. The molecule has 2 nitrogen and oxygen atoms in total. The highest BCUT2D eigenvalue weighted by atomic mass is 32.2. The first-order chi connectivity index (χ1) is 10.8. The average Bonchev–Trinajstić information content (AvgIpc) is 2.98. The van der Waals surface area contributed by atoms with Crippen LogP contribution < -0.4 is 0 Å². The van der Waals surface area contributed by atoms with Gasteiger partial charge in [0, 0.05) is 25.2 Å². The Labute approximate surface area is 135 Å². The van der Waals surface area contributed by atoms with Gasteiger partial charge in [-0.25, -0.2) is 4.98 Å². The second-order valence-corrected chi connectivity index (χ2v) is 5.97. The van der Waals surface area contributed by atoms with Gasteiger partial charge in [0.15, 0.2) is 5.16 Å². The van der Waals surface area contributed by atoms with E-state index in [2.05, 4.69) is 71.7 Å². The predicted octanol–water partition coefficient (Wildman–Crippen LogP) is 4.64. The zero-order valence-corrected chi connectivity index (χ0v) is 13.3. The minimum atomic E-state index is 0.893.